The number of aryl methyl sites for hydroxylation is 1. The van der Waals surface area contributed by atoms with Crippen molar-refractivity contribution >= 4 is 11.8 Å². The van der Waals surface area contributed by atoms with Gasteiger partial charge in [-0.25, -0.2) is 4.39 Å². The lowest BCUT2D eigenvalue weighted by molar-refractivity contribution is -0.138. The van der Waals surface area contributed by atoms with Crippen molar-refractivity contribution in [3.63, 3.8) is 0 Å². The summed E-state index contributed by atoms with van der Waals surface area (Å²) in [6.07, 6.45) is 4.24. The van der Waals surface area contributed by atoms with Gasteiger partial charge >= 0.3 is 0 Å². The molecule has 27 heavy (non-hydrogen) atoms. The maximum absolute atomic E-state index is 13.9. The molecule has 1 aromatic carbocycles. The molecule has 1 fully saturated rings. The largest absolute Gasteiger partial charge is 0.356 e. The SMILES string of the molecule is O=C(NCCCc1ccccn1)C1CCC(=O)N(Cc2ccccc2F)C1. The average Bonchev–Trinajstić information content (AvgIpc) is 2.69. The van der Waals surface area contributed by atoms with Gasteiger partial charge in [-0.15, -0.1) is 0 Å². The summed E-state index contributed by atoms with van der Waals surface area (Å²) in [7, 11) is 0. The molecule has 1 aromatic heterocycles. The van der Waals surface area contributed by atoms with Gasteiger partial charge in [-0.2, -0.15) is 0 Å². The van der Waals surface area contributed by atoms with Crippen molar-refractivity contribution < 1.29 is 14.0 Å². The van der Waals surface area contributed by atoms with E-state index < -0.39 is 0 Å². The Morgan fingerprint density at radius 2 is 2.04 bits per heavy atom. The fourth-order valence-corrected chi connectivity index (χ4v) is 3.29. The summed E-state index contributed by atoms with van der Waals surface area (Å²) in [6, 6.07) is 12.2. The zero-order valence-electron chi connectivity index (χ0n) is 15.2. The Balaban J connectivity index is 1.47. The molecule has 1 aliphatic heterocycles. The van der Waals surface area contributed by atoms with Gasteiger partial charge in [0, 0.05) is 43.5 Å². The minimum absolute atomic E-state index is 0.0301. The van der Waals surface area contributed by atoms with E-state index in [1.54, 1.807) is 29.3 Å². The number of nitrogens with one attached hydrogen (secondary N) is 1. The molecule has 0 radical (unpaired) electrons. The first-order valence-corrected chi connectivity index (χ1v) is 9.32. The van der Waals surface area contributed by atoms with Crippen molar-refractivity contribution in [2.75, 3.05) is 13.1 Å². The Labute approximate surface area is 158 Å². The molecule has 2 amide bonds. The van der Waals surface area contributed by atoms with Crippen molar-refractivity contribution in [3.05, 3.63) is 65.7 Å². The first-order valence-electron chi connectivity index (χ1n) is 9.32. The van der Waals surface area contributed by atoms with Gasteiger partial charge in [-0.3, -0.25) is 14.6 Å². The van der Waals surface area contributed by atoms with E-state index in [0.717, 1.165) is 18.5 Å². The number of nitrogens with zero attached hydrogens (tertiary/aromatic N) is 2. The van der Waals surface area contributed by atoms with Crippen LogP contribution in [0.15, 0.2) is 48.7 Å². The number of benzene rings is 1. The molecule has 6 heteroatoms. The van der Waals surface area contributed by atoms with Crippen molar-refractivity contribution in [2.45, 2.75) is 32.2 Å². The van der Waals surface area contributed by atoms with Crippen molar-refractivity contribution in [1.29, 1.82) is 0 Å². The predicted octanol–water partition coefficient (Wildman–Crippen LogP) is 2.71. The number of likely N-dealkylation sites (tertiary alicyclic amines) is 1. The van der Waals surface area contributed by atoms with Gasteiger partial charge in [0.05, 0.1) is 5.92 Å². The molecule has 0 spiro atoms. The van der Waals surface area contributed by atoms with Crippen LogP contribution < -0.4 is 5.32 Å². The van der Waals surface area contributed by atoms with Crippen LogP contribution in [0.5, 0.6) is 0 Å². The Morgan fingerprint density at radius 1 is 1.22 bits per heavy atom. The van der Waals surface area contributed by atoms with Crippen LogP contribution in [-0.4, -0.2) is 34.8 Å². The zero-order valence-corrected chi connectivity index (χ0v) is 15.2. The van der Waals surface area contributed by atoms with Crippen LogP contribution in [0.25, 0.3) is 0 Å². The quantitative estimate of drug-likeness (QED) is 0.764. The summed E-state index contributed by atoms with van der Waals surface area (Å²) in [4.78, 5) is 30.4. The van der Waals surface area contributed by atoms with E-state index in [-0.39, 0.29) is 30.1 Å². The molecule has 2 aromatic rings. The number of amides is 2. The lowest BCUT2D eigenvalue weighted by atomic mass is 9.96. The highest BCUT2D eigenvalue weighted by Crippen LogP contribution is 2.21. The molecule has 0 bridgehead atoms. The Morgan fingerprint density at radius 3 is 2.81 bits per heavy atom. The summed E-state index contributed by atoms with van der Waals surface area (Å²) in [5, 5.41) is 2.95. The molecule has 5 nitrogen and oxygen atoms in total. The third kappa shape index (κ3) is 5.36. The highest BCUT2D eigenvalue weighted by atomic mass is 19.1. The number of carbonyl (C=O) groups excluding carboxylic acids is 2. The van der Waals surface area contributed by atoms with Crippen LogP contribution in [0.2, 0.25) is 0 Å². The van der Waals surface area contributed by atoms with E-state index >= 15 is 0 Å². The third-order valence-corrected chi connectivity index (χ3v) is 4.83. The third-order valence-electron chi connectivity index (χ3n) is 4.83. The molecule has 1 aliphatic rings. The van der Waals surface area contributed by atoms with E-state index in [9.17, 15) is 14.0 Å². The molecule has 2 heterocycles. The highest BCUT2D eigenvalue weighted by molar-refractivity contribution is 5.83. The number of carbonyl (C=O) groups is 2. The standard InChI is InChI=1S/C21H24FN3O2/c22-19-9-2-1-6-16(19)14-25-15-17(10-11-20(25)26)21(27)24-13-5-8-18-7-3-4-12-23-18/h1-4,6-7,9,12,17H,5,8,10-11,13-15H2,(H,24,27). The van der Waals surface area contributed by atoms with E-state index in [1.165, 1.54) is 6.07 Å². The van der Waals surface area contributed by atoms with Gasteiger partial charge in [0.2, 0.25) is 11.8 Å². The van der Waals surface area contributed by atoms with Crippen molar-refractivity contribution in [3.8, 4) is 0 Å². The van der Waals surface area contributed by atoms with Gasteiger partial charge in [0.1, 0.15) is 5.82 Å². The lowest BCUT2D eigenvalue weighted by Crippen LogP contribution is -2.45. The maximum atomic E-state index is 13.9. The highest BCUT2D eigenvalue weighted by Gasteiger charge is 2.30. The number of pyridine rings is 1. The molecular weight excluding hydrogens is 345 g/mol. The molecule has 1 saturated heterocycles. The summed E-state index contributed by atoms with van der Waals surface area (Å²) in [5.74, 6) is -0.643. The number of piperidine rings is 1. The number of halogens is 1. The summed E-state index contributed by atoms with van der Waals surface area (Å²) < 4.78 is 13.9. The second kappa shape index (κ2) is 9.26. The van der Waals surface area contributed by atoms with E-state index in [4.69, 9.17) is 0 Å². The lowest BCUT2D eigenvalue weighted by Gasteiger charge is -2.32. The van der Waals surface area contributed by atoms with Crippen LogP contribution >= 0.6 is 0 Å². The van der Waals surface area contributed by atoms with Crippen LogP contribution in [0.4, 0.5) is 4.39 Å². The van der Waals surface area contributed by atoms with E-state index in [0.29, 0.717) is 31.5 Å². The number of hydrogen-bond acceptors (Lipinski definition) is 3. The van der Waals surface area contributed by atoms with Crippen molar-refractivity contribution in [1.82, 2.24) is 15.2 Å². The Hall–Kier alpha value is -2.76. The fraction of sp³-hybridized carbons (Fsp3) is 0.381. The Kier molecular flexibility index (Phi) is 6.52. The Bertz CT molecular complexity index is 782. The van der Waals surface area contributed by atoms with Gasteiger partial charge in [-0.05, 0) is 37.5 Å². The first-order chi connectivity index (χ1) is 13.1. The van der Waals surface area contributed by atoms with Gasteiger partial charge in [0.15, 0.2) is 0 Å². The maximum Gasteiger partial charge on any atom is 0.224 e. The van der Waals surface area contributed by atoms with Crippen LogP contribution in [0.3, 0.4) is 0 Å². The molecule has 142 valence electrons. The summed E-state index contributed by atoms with van der Waals surface area (Å²) in [6.45, 7) is 1.11. The second-order valence-corrected chi connectivity index (χ2v) is 6.82. The molecular formula is C21H24FN3O2. The predicted molar refractivity (Wildman–Crippen MR) is 100 cm³/mol. The van der Waals surface area contributed by atoms with E-state index in [2.05, 4.69) is 10.3 Å². The summed E-state index contributed by atoms with van der Waals surface area (Å²) >= 11 is 0. The topological polar surface area (TPSA) is 62.3 Å². The second-order valence-electron chi connectivity index (χ2n) is 6.82. The molecule has 0 aliphatic carbocycles. The molecule has 0 saturated carbocycles. The normalized spacial score (nSPS) is 17.0. The number of aromatic nitrogens is 1. The number of rotatable bonds is 7. The molecule has 1 atom stereocenters. The van der Waals surface area contributed by atoms with Crippen molar-refractivity contribution in [2.24, 2.45) is 5.92 Å². The van der Waals surface area contributed by atoms with E-state index in [1.807, 2.05) is 18.2 Å². The smallest absolute Gasteiger partial charge is 0.224 e. The first kappa shape index (κ1) is 19.0. The van der Waals surface area contributed by atoms with Gasteiger partial charge in [-0.1, -0.05) is 24.3 Å². The molecule has 3 rings (SSSR count). The minimum Gasteiger partial charge on any atom is -0.356 e. The van der Waals surface area contributed by atoms with Crippen LogP contribution in [0.1, 0.15) is 30.5 Å². The van der Waals surface area contributed by atoms with Gasteiger partial charge < -0.3 is 10.2 Å². The minimum atomic E-state index is -0.327. The van der Waals surface area contributed by atoms with Crippen LogP contribution in [-0.2, 0) is 22.6 Å². The molecule has 1 unspecified atom stereocenters. The summed E-state index contributed by atoms with van der Waals surface area (Å²) in [5.41, 5.74) is 1.48. The average molecular weight is 369 g/mol. The van der Waals surface area contributed by atoms with Gasteiger partial charge in [0.25, 0.3) is 0 Å². The van der Waals surface area contributed by atoms with Crippen LogP contribution in [0, 0.1) is 11.7 Å². The molecule has 1 N–H and O–H groups in total. The number of hydrogen-bond donors (Lipinski definition) is 1. The fourth-order valence-electron chi connectivity index (χ4n) is 3.29. The monoisotopic (exact) mass is 369 g/mol. The zero-order chi connectivity index (χ0) is 19.1.